The molecule has 0 aliphatic carbocycles. The average Bonchev–Trinajstić information content (AvgIpc) is 3.37. The first-order chi connectivity index (χ1) is 20.0. The molecule has 0 spiro atoms. The standard InChI is InChI=1S/C32H44Cl2FN5O2/c1-6-36-32(37(4)5,21-22(2)3)26-20-25(35)11-12-28(26)38-14-16-39(17-15-38)31(42)29(40-13-7-8-30(40)41)18-23-9-10-24(33)19-27(23)34/h9-12,19-20,22,29,36H,6-8,13-18,21H2,1-5H3. The van der Waals surface area contributed by atoms with Crippen molar-refractivity contribution in [3.8, 4) is 0 Å². The maximum atomic E-state index is 14.8. The number of amides is 2. The molecule has 2 aliphatic heterocycles. The number of halogens is 3. The Kier molecular flexibility index (Phi) is 10.8. The molecule has 0 bridgehead atoms. The lowest BCUT2D eigenvalue weighted by Crippen LogP contribution is -2.57. The smallest absolute Gasteiger partial charge is 0.245 e. The fraction of sp³-hybridized carbons (Fsp3) is 0.562. The summed E-state index contributed by atoms with van der Waals surface area (Å²) in [4.78, 5) is 34.7. The van der Waals surface area contributed by atoms with Crippen LogP contribution in [0.2, 0.25) is 10.0 Å². The molecule has 2 aromatic rings. The van der Waals surface area contributed by atoms with Crippen LogP contribution in [0.3, 0.4) is 0 Å². The molecule has 2 atom stereocenters. The molecule has 2 aromatic carbocycles. The first-order valence-corrected chi connectivity index (χ1v) is 15.7. The number of rotatable bonds is 11. The van der Waals surface area contributed by atoms with Crippen molar-refractivity contribution < 1.29 is 14.0 Å². The molecule has 2 unspecified atom stereocenters. The SMILES string of the molecule is CCNC(CC(C)C)(c1cc(F)ccc1N1CCN(C(=O)C(Cc2ccc(Cl)cc2Cl)N2CCCC2=O)CC1)N(C)C. The Hall–Kier alpha value is -2.39. The number of hydrogen-bond donors (Lipinski definition) is 1. The molecule has 0 saturated carbocycles. The Balaban J connectivity index is 1.58. The van der Waals surface area contributed by atoms with E-state index < -0.39 is 11.7 Å². The minimum absolute atomic E-state index is 0.00151. The van der Waals surface area contributed by atoms with Gasteiger partial charge in [-0.2, -0.15) is 0 Å². The highest BCUT2D eigenvalue weighted by Crippen LogP contribution is 2.38. The molecule has 2 aliphatic rings. The number of piperazine rings is 1. The van der Waals surface area contributed by atoms with Crippen molar-refractivity contribution in [2.24, 2.45) is 5.92 Å². The monoisotopic (exact) mass is 619 g/mol. The number of carbonyl (C=O) groups is 2. The topological polar surface area (TPSA) is 59.1 Å². The third kappa shape index (κ3) is 7.04. The lowest BCUT2D eigenvalue weighted by Gasteiger charge is -2.46. The van der Waals surface area contributed by atoms with Gasteiger partial charge in [-0.15, -0.1) is 0 Å². The van der Waals surface area contributed by atoms with E-state index in [0.717, 1.165) is 36.2 Å². The number of benzene rings is 2. The first kappa shape index (κ1) is 32.5. The molecule has 7 nitrogen and oxygen atoms in total. The molecule has 1 N–H and O–H groups in total. The summed E-state index contributed by atoms with van der Waals surface area (Å²) in [7, 11) is 4.06. The number of likely N-dealkylation sites (tertiary alicyclic amines) is 1. The fourth-order valence-corrected chi connectivity index (χ4v) is 6.95. The van der Waals surface area contributed by atoms with Crippen molar-refractivity contribution in [3.05, 3.63) is 63.4 Å². The van der Waals surface area contributed by atoms with Crippen molar-refractivity contribution in [3.63, 3.8) is 0 Å². The van der Waals surface area contributed by atoms with Gasteiger partial charge in [0.1, 0.15) is 11.9 Å². The Morgan fingerprint density at radius 2 is 1.79 bits per heavy atom. The van der Waals surface area contributed by atoms with Crippen LogP contribution in [0, 0.1) is 11.7 Å². The van der Waals surface area contributed by atoms with E-state index in [1.54, 1.807) is 23.1 Å². The molecule has 4 rings (SSSR count). The summed E-state index contributed by atoms with van der Waals surface area (Å²) in [5.41, 5.74) is 2.12. The van der Waals surface area contributed by atoms with Gasteiger partial charge in [-0.25, -0.2) is 4.39 Å². The lowest BCUT2D eigenvalue weighted by atomic mass is 9.87. The third-order valence-electron chi connectivity index (χ3n) is 8.47. The van der Waals surface area contributed by atoms with Crippen molar-refractivity contribution in [1.82, 2.24) is 20.0 Å². The lowest BCUT2D eigenvalue weighted by molar-refractivity contribution is -0.143. The third-order valence-corrected chi connectivity index (χ3v) is 9.06. The van der Waals surface area contributed by atoms with E-state index in [9.17, 15) is 14.0 Å². The average molecular weight is 621 g/mol. The van der Waals surface area contributed by atoms with Crippen LogP contribution >= 0.6 is 23.2 Å². The van der Waals surface area contributed by atoms with Gasteiger partial charge < -0.3 is 14.7 Å². The van der Waals surface area contributed by atoms with Gasteiger partial charge in [0.2, 0.25) is 11.8 Å². The zero-order valence-corrected chi connectivity index (χ0v) is 26.9. The van der Waals surface area contributed by atoms with Gasteiger partial charge in [-0.05, 0) is 75.3 Å². The largest absolute Gasteiger partial charge is 0.368 e. The predicted molar refractivity (Wildman–Crippen MR) is 169 cm³/mol. The molecule has 0 aromatic heterocycles. The summed E-state index contributed by atoms with van der Waals surface area (Å²) >= 11 is 12.6. The van der Waals surface area contributed by atoms with Crippen LogP contribution in [-0.2, 0) is 21.7 Å². The maximum Gasteiger partial charge on any atom is 0.245 e. The Bertz CT molecular complexity index is 1270. The summed E-state index contributed by atoms with van der Waals surface area (Å²) in [6, 6.07) is 9.68. The van der Waals surface area contributed by atoms with Crippen molar-refractivity contribution in [1.29, 1.82) is 0 Å². The second kappa shape index (κ2) is 13.9. The summed E-state index contributed by atoms with van der Waals surface area (Å²) in [6.07, 6.45) is 2.34. The number of anilines is 1. The predicted octanol–water partition coefficient (Wildman–Crippen LogP) is 5.38. The zero-order chi connectivity index (χ0) is 30.6. The molecule has 2 heterocycles. The van der Waals surface area contributed by atoms with E-state index in [-0.39, 0.29) is 17.6 Å². The van der Waals surface area contributed by atoms with Crippen LogP contribution in [0.4, 0.5) is 10.1 Å². The van der Waals surface area contributed by atoms with E-state index in [2.05, 4.69) is 35.9 Å². The summed E-state index contributed by atoms with van der Waals surface area (Å²) in [5, 5.41) is 4.69. The molecule has 2 saturated heterocycles. The highest BCUT2D eigenvalue weighted by Gasteiger charge is 2.40. The molecule has 2 fully saturated rings. The van der Waals surface area contributed by atoms with Crippen LogP contribution in [-0.4, -0.2) is 85.9 Å². The van der Waals surface area contributed by atoms with E-state index >= 15 is 0 Å². The fourth-order valence-electron chi connectivity index (χ4n) is 6.46. The molecular formula is C32H44Cl2FN5O2. The van der Waals surface area contributed by atoms with Crippen molar-refractivity contribution in [2.45, 2.75) is 58.2 Å². The zero-order valence-electron chi connectivity index (χ0n) is 25.4. The van der Waals surface area contributed by atoms with Crippen LogP contribution in [0.5, 0.6) is 0 Å². The van der Waals surface area contributed by atoms with E-state index in [1.807, 2.05) is 31.1 Å². The van der Waals surface area contributed by atoms with Crippen LogP contribution in [0.25, 0.3) is 0 Å². The highest BCUT2D eigenvalue weighted by atomic mass is 35.5. The normalized spacial score (nSPS) is 18.2. The first-order valence-electron chi connectivity index (χ1n) is 15.0. The van der Waals surface area contributed by atoms with Gasteiger partial charge in [-0.1, -0.05) is 50.0 Å². The van der Waals surface area contributed by atoms with E-state index in [4.69, 9.17) is 23.2 Å². The quantitative estimate of drug-likeness (QED) is 0.342. The number of carbonyl (C=O) groups excluding carboxylic acids is 2. The molecule has 230 valence electrons. The molecule has 10 heteroatoms. The van der Waals surface area contributed by atoms with Gasteiger partial charge in [0.05, 0.1) is 5.66 Å². The second-order valence-electron chi connectivity index (χ2n) is 12.0. The van der Waals surface area contributed by atoms with Crippen molar-refractivity contribution >= 4 is 40.7 Å². The molecule has 2 amide bonds. The van der Waals surface area contributed by atoms with E-state index in [1.165, 1.54) is 6.07 Å². The summed E-state index contributed by atoms with van der Waals surface area (Å²) in [6.45, 7) is 9.93. The van der Waals surface area contributed by atoms with Gasteiger partial charge in [0, 0.05) is 66.9 Å². The van der Waals surface area contributed by atoms with Gasteiger partial charge >= 0.3 is 0 Å². The maximum absolute atomic E-state index is 14.8. The van der Waals surface area contributed by atoms with Crippen molar-refractivity contribution in [2.75, 3.05) is 58.3 Å². The molecule has 42 heavy (non-hydrogen) atoms. The number of nitrogens with one attached hydrogen (secondary N) is 1. The Labute approximate surface area is 259 Å². The van der Waals surface area contributed by atoms with Gasteiger partial charge in [0.15, 0.2) is 0 Å². The second-order valence-corrected chi connectivity index (χ2v) is 12.8. The van der Waals surface area contributed by atoms with Crippen LogP contribution in [0.15, 0.2) is 36.4 Å². The van der Waals surface area contributed by atoms with Gasteiger partial charge in [-0.3, -0.25) is 19.8 Å². The summed E-state index contributed by atoms with van der Waals surface area (Å²) in [5.74, 6) is 0.0396. The minimum atomic E-state index is -0.618. The van der Waals surface area contributed by atoms with Crippen LogP contribution in [0.1, 0.15) is 51.2 Å². The Morgan fingerprint density at radius 1 is 1.07 bits per heavy atom. The Morgan fingerprint density at radius 3 is 2.36 bits per heavy atom. The minimum Gasteiger partial charge on any atom is -0.368 e. The van der Waals surface area contributed by atoms with Crippen LogP contribution < -0.4 is 10.2 Å². The number of nitrogens with zero attached hydrogens (tertiary/aromatic N) is 4. The van der Waals surface area contributed by atoms with E-state index in [0.29, 0.717) is 61.5 Å². The number of hydrogen-bond acceptors (Lipinski definition) is 5. The molecular weight excluding hydrogens is 576 g/mol. The van der Waals surface area contributed by atoms with Gasteiger partial charge in [0.25, 0.3) is 0 Å². The summed E-state index contributed by atoms with van der Waals surface area (Å²) < 4.78 is 14.8. The molecule has 0 radical (unpaired) electrons. The highest BCUT2D eigenvalue weighted by molar-refractivity contribution is 6.35.